The molecule has 4 fully saturated rings. The molecule has 2 atom stereocenters. The molecule has 1 saturated heterocycles. The van der Waals surface area contributed by atoms with Crippen LogP contribution >= 0.6 is 11.6 Å². The van der Waals surface area contributed by atoms with Gasteiger partial charge in [0, 0.05) is 18.2 Å². The molecule has 1 heterocycles. The maximum absolute atomic E-state index is 13.5. The van der Waals surface area contributed by atoms with Gasteiger partial charge >= 0.3 is 0 Å². The van der Waals surface area contributed by atoms with Gasteiger partial charge in [0.2, 0.25) is 5.91 Å². The highest BCUT2D eigenvalue weighted by Gasteiger charge is 2.55. The number of ether oxygens (including phenoxy) is 1. The number of aliphatic hydroxyl groups is 1. The lowest BCUT2D eigenvalue weighted by molar-refractivity contribution is -0.138. The number of fused-ring (bicyclic) bond motifs is 3. The van der Waals surface area contributed by atoms with Crippen LogP contribution in [0.5, 0.6) is 5.75 Å². The lowest BCUT2D eigenvalue weighted by Crippen LogP contribution is -2.70. The third kappa shape index (κ3) is 4.81. The third-order valence-corrected chi connectivity index (χ3v) is 7.33. The van der Waals surface area contributed by atoms with Crippen LogP contribution in [-0.4, -0.2) is 53.8 Å². The monoisotopic (exact) mass is 453 g/mol. The Morgan fingerprint density at radius 2 is 2.03 bits per heavy atom. The smallest absolute Gasteiger partial charge is 0.258 e. The number of nitrogens with one attached hydrogen (secondary N) is 3. The van der Waals surface area contributed by atoms with Crippen molar-refractivity contribution in [1.29, 1.82) is 0 Å². The molecule has 3 saturated carbocycles. The van der Waals surface area contributed by atoms with E-state index in [0.717, 1.165) is 25.5 Å². The number of carbonyl (C=O) groups is 2. The van der Waals surface area contributed by atoms with E-state index in [1.165, 1.54) is 12.1 Å². The first-order valence-electron chi connectivity index (χ1n) is 10.9. The van der Waals surface area contributed by atoms with Crippen LogP contribution in [0.2, 0.25) is 5.02 Å². The molecule has 0 aromatic heterocycles. The number of carbonyl (C=O) groups excluding carboxylic acids is 2. The fraction of sp³-hybridized carbons (Fsp3) is 0.636. The molecule has 4 aliphatic rings. The summed E-state index contributed by atoms with van der Waals surface area (Å²) in [6.45, 7) is 1.36. The van der Waals surface area contributed by atoms with E-state index >= 15 is 0 Å². The first-order valence-corrected chi connectivity index (χ1v) is 11.3. The van der Waals surface area contributed by atoms with E-state index in [4.69, 9.17) is 16.3 Å². The van der Waals surface area contributed by atoms with Crippen molar-refractivity contribution >= 4 is 23.4 Å². The summed E-state index contributed by atoms with van der Waals surface area (Å²) >= 11 is 5.65. The fourth-order valence-corrected chi connectivity index (χ4v) is 5.25. The molecule has 0 spiro atoms. The summed E-state index contributed by atoms with van der Waals surface area (Å²) in [7, 11) is 0. The minimum absolute atomic E-state index is 0.00767. The molecule has 9 heteroatoms. The summed E-state index contributed by atoms with van der Waals surface area (Å²) in [4.78, 5) is 25.2. The van der Waals surface area contributed by atoms with Gasteiger partial charge in [-0.1, -0.05) is 11.6 Å². The summed E-state index contributed by atoms with van der Waals surface area (Å²) in [6.07, 6.45) is 4.09. The largest absolute Gasteiger partial charge is 0.484 e. The normalized spacial score (nSPS) is 32.4. The topological polar surface area (TPSA) is 99.7 Å². The van der Waals surface area contributed by atoms with Crippen LogP contribution in [0.4, 0.5) is 4.39 Å². The second kappa shape index (κ2) is 8.92. The molecule has 0 radical (unpaired) electrons. The number of amides is 2. The molecule has 4 N–H and O–H groups in total. The summed E-state index contributed by atoms with van der Waals surface area (Å²) in [6, 6.07) is 4.01. The standard InChI is InChI=1S/C22H29ClFN3O4/c23-16-4-3-15(10-17(16)24)31-13-19(29)26-21-5-7-22(8-6-21,18(28)11-21)27-20(30)14-2-1-9-25-12-14/h3-4,10,14,18,25,28H,1-2,5-9,11-13H2,(H,26,29)(H,27,30). The van der Waals surface area contributed by atoms with E-state index in [-0.39, 0.29) is 35.1 Å². The van der Waals surface area contributed by atoms with E-state index in [2.05, 4.69) is 16.0 Å². The second-order valence-electron chi connectivity index (χ2n) is 9.10. The number of hydrogen-bond acceptors (Lipinski definition) is 5. The summed E-state index contributed by atoms with van der Waals surface area (Å²) in [5.41, 5.74) is -1.12. The molecule has 5 rings (SSSR count). The van der Waals surface area contributed by atoms with Crippen LogP contribution < -0.4 is 20.7 Å². The number of aliphatic hydroxyl groups excluding tert-OH is 1. The summed E-state index contributed by atoms with van der Waals surface area (Å²) < 4.78 is 18.9. The molecule has 2 bridgehead atoms. The quantitative estimate of drug-likeness (QED) is 0.527. The van der Waals surface area contributed by atoms with Gasteiger partial charge in [0.1, 0.15) is 11.6 Å². The molecular formula is C22H29ClFN3O4. The van der Waals surface area contributed by atoms with Gasteiger partial charge in [-0.2, -0.15) is 0 Å². The first kappa shape index (κ1) is 22.3. The van der Waals surface area contributed by atoms with E-state index in [1.54, 1.807) is 0 Å². The highest BCUT2D eigenvalue weighted by atomic mass is 35.5. The van der Waals surface area contributed by atoms with Gasteiger partial charge in [0.15, 0.2) is 6.61 Å². The fourth-order valence-electron chi connectivity index (χ4n) is 5.13. The van der Waals surface area contributed by atoms with Crippen molar-refractivity contribution in [3.8, 4) is 5.75 Å². The highest BCUT2D eigenvalue weighted by Crippen LogP contribution is 2.47. The van der Waals surface area contributed by atoms with Gasteiger partial charge in [-0.3, -0.25) is 9.59 Å². The number of benzene rings is 1. The van der Waals surface area contributed by atoms with Crippen LogP contribution in [0.1, 0.15) is 44.9 Å². The molecule has 170 valence electrons. The van der Waals surface area contributed by atoms with Crippen molar-refractivity contribution in [3.05, 3.63) is 29.0 Å². The number of hydrogen-bond donors (Lipinski definition) is 4. The Labute approximate surface area is 186 Å². The van der Waals surface area contributed by atoms with E-state index in [9.17, 15) is 19.1 Å². The van der Waals surface area contributed by atoms with Crippen LogP contribution in [-0.2, 0) is 9.59 Å². The van der Waals surface area contributed by atoms with Crippen LogP contribution in [0, 0.1) is 11.7 Å². The van der Waals surface area contributed by atoms with Gasteiger partial charge < -0.3 is 25.8 Å². The van der Waals surface area contributed by atoms with Crippen molar-refractivity contribution in [3.63, 3.8) is 0 Å². The van der Waals surface area contributed by atoms with Crippen LogP contribution in [0.3, 0.4) is 0 Å². The van der Waals surface area contributed by atoms with Gasteiger partial charge in [0.25, 0.3) is 5.91 Å². The van der Waals surface area contributed by atoms with Crippen molar-refractivity contribution in [1.82, 2.24) is 16.0 Å². The van der Waals surface area contributed by atoms with Crippen LogP contribution in [0.15, 0.2) is 18.2 Å². The lowest BCUT2D eigenvalue weighted by Gasteiger charge is -2.56. The van der Waals surface area contributed by atoms with E-state index < -0.39 is 23.0 Å². The Morgan fingerprint density at radius 3 is 2.68 bits per heavy atom. The number of piperidine rings is 1. The number of halogens is 2. The molecule has 7 nitrogen and oxygen atoms in total. The Balaban J connectivity index is 1.31. The zero-order valence-electron chi connectivity index (χ0n) is 17.4. The molecule has 1 aliphatic heterocycles. The maximum atomic E-state index is 13.5. The minimum Gasteiger partial charge on any atom is -0.484 e. The Kier molecular flexibility index (Phi) is 6.42. The van der Waals surface area contributed by atoms with Gasteiger partial charge in [0.05, 0.1) is 22.6 Å². The molecule has 3 aliphatic carbocycles. The molecule has 1 aromatic rings. The van der Waals surface area contributed by atoms with Gasteiger partial charge in [-0.05, 0) is 63.6 Å². The third-order valence-electron chi connectivity index (χ3n) is 7.03. The Morgan fingerprint density at radius 1 is 1.26 bits per heavy atom. The van der Waals surface area contributed by atoms with Crippen molar-refractivity contribution in [2.75, 3.05) is 19.7 Å². The molecular weight excluding hydrogens is 425 g/mol. The van der Waals surface area contributed by atoms with E-state index in [0.29, 0.717) is 38.6 Å². The van der Waals surface area contributed by atoms with Crippen LogP contribution in [0.25, 0.3) is 0 Å². The Bertz CT molecular complexity index is 838. The zero-order valence-corrected chi connectivity index (χ0v) is 18.1. The van der Waals surface area contributed by atoms with Crippen molar-refractivity contribution < 1.29 is 23.8 Å². The lowest BCUT2D eigenvalue weighted by atomic mass is 9.59. The zero-order chi connectivity index (χ0) is 22.1. The average molecular weight is 454 g/mol. The van der Waals surface area contributed by atoms with Gasteiger partial charge in [-0.25, -0.2) is 4.39 Å². The summed E-state index contributed by atoms with van der Waals surface area (Å²) in [5, 5.41) is 20.3. The van der Waals surface area contributed by atoms with E-state index in [1.807, 2.05) is 0 Å². The maximum Gasteiger partial charge on any atom is 0.258 e. The van der Waals surface area contributed by atoms with Gasteiger partial charge in [-0.15, -0.1) is 0 Å². The highest BCUT2D eigenvalue weighted by molar-refractivity contribution is 6.30. The number of rotatable bonds is 6. The first-order chi connectivity index (χ1) is 14.8. The predicted molar refractivity (Wildman–Crippen MR) is 113 cm³/mol. The minimum atomic E-state index is -0.720. The summed E-state index contributed by atoms with van der Waals surface area (Å²) in [5.74, 6) is -0.759. The molecule has 2 amide bonds. The molecule has 1 aromatic carbocycles. The average Bonchev–Trinajstić information content (AvgIpc) is 2.76. The van der Waals surface area contributed by atoms with Crippen molar-refractivity contribution in [2.24, 2.45) is 5.92 Å². The second-order valence-corrected chi connectivity index (χ2v) is 9.51. The Hall–Kier alpha value is -1.90. The predicted octanol–water partition coefficient (Wildman–Crippen LogP) is 1.91. The van der Waals surface area contributed by atoms with Crippen molar-refractivity contribution in [2.45, 2.75) is 62.1 Å². The molecule has 31 heavy (non-hydrogen) atoms. The molecule has 2 unspecified atom stereocenters. The SMILES string of the molecule is O=C(COc1ccc(Cl)c(F)c1)NC12CCC(NC(=O)C3CCCNC3)(CC1)C(O)C2.